The highest BCUT2D eigenvalue weighted by Crippen LogP contribution is 2.29. The van der Waals surface area contributed by atoms with Gasteiger partial charge in [0.1, 0.15) is 0 Å². The smallest absolute Gasteiger partial charge is 0.416 e. The van der Waals surface area contributed by atoms with E-state index in [1.165, 1.54) is 12.1 Å². The highest BCUT2D eigenvalue weighted by atomic mass is 35.5. The number of hydrogen-bond acceptors (Lipinski definition) is 1. The molecule has 0 saturated carbocycles. The van der Waals surface area contributed by atoms with Crippen molar-refractivity contribution in [2.45, 2.75) is 32.5 Å². The van der Waals surface area contributed by atoms with Gasteiger partial charge in [-0.25, -0.2) is 0 Å². The van der Waals surface area contributed by atoms with Crippen molar-refractivity contribution in [3.05, 3.63) is 35.4 Å². The SMILES string of the molecule is CCN[C@@H](C)Cc1cccc(C(F)(F)F)c1.[Cl-]. The Kier molecular flexibility index (Phi) is 6.57. The van der Waals surface area contributed by atoms with E-state index in [1.807, 2.05) is 13.8 Å². The predicted octanol–water partition coefficient (Wildman–Crippen LogP) is 0.250. The maximum atomic E-state index is 12.4. The molecule has 98 valence electrons. The van der Waals surface area contributed by atoms with Crippen molar-refractivity contribution in [3.63, 3.8) is 0 Å². The van der Waals surface area contributed by atoms with Crippen LogP contribution in [0.3, 0.4) is 0 Å². The number of likely N-dealkylation sites (N-methyl/N-ethyl adjacent to an activating group) is 1. The Hall–Kier alpha value is -0.740. The second-order valence-corrected chi connectivity index (χ2v) is 3.86. The zero-order valence-corrected chi connectivity index (χ0v) is 10.6. The van der Waals surface area contributed by atoms with Crippen LogP contribution in [0.15, 0.2) is 24.3 Å². The molecule has 1 N–H and O–H groups in total. The van der Waals surface area contributed by atoms with Crippen LogP contribution < -0.4 is 17.7 Å². The summed E-state index contributed by atoms with van der Waals surface area (Å²) in [6.07, 6.45) is -3.64. The van der Waals surface area contributed by atoms with Crippen molar-refractivity contribution >= 4 is 0 Å². The van der Waals surface area contributed by atoms with Crippen molar-refractivity contribution in [2.24, 2.45) is 0 Å². The van der Waals surface area contributed by atoms with Gasteiger partial charge in [-0.15, -0.1) is 0 Å². The van der Waals surface area contributed by atoms with Crippen LogP contribution >= 0.6 is 0 Å². The lowest BCUT2D eigenvalue weighted by Crippen LogP contribution is -3.00. The van der Waals surface area contributed by atoms with Gasteiger partial charge in [-0.2, -0.15) is 13.2 Å². The summed E-state index contributed by atoms with van der Waals surface area (Å²) in [6.45, 7) is 4.76. The number of alkyl halides is 3. The van der Waals surface area contributed by atoms with E-state index >= 15 is 0 Å². The Morgan fingerprint density at radius 1 is 1.29 bits per heavy atom. The molecule has 0 bridgehead atoms. The molecule has 1 atom stereocenters. The first kappa shape index (κ1) is 16.3. The lowest BCUT2D eigenvalue weighted by molar-refractivity contribution is -0.137. The first-order chi connectivity index (χ1) is 7.43. The number of halogens is 4. The Morgan fingerprint density at radius 3 is 2.47 bits per heavy atom. The van der Waals surface area contributed by atoms with Crippen molar-refractivity contribution in [3.8, 4) is 0 Å². The zero-order valence-electron chi connectivity index (χ0n) is 9.81. The van der Waals surface area contributed by atoms with Crippen LogP contribution in [0.1, 0.15) is 25.0 Å². The van der Waals surface area contributed by atoms with Crippen molar-refractivity contribution < 1.29 is 25.6 Å². The van der Waals surface area contributed by atoms with Crippen LogP contribution in [-0.2, 0) is 12.6 Å². The fraction of sp³-hybridized carbons (Fsp3) is 0.500. The molecule has 0 aliphatic heterocycles. The lowest BCUT2D eigenvalue weighted by Gasteiger charge is -2.13. The molecule has 0 radical (unpaired) electrons. The molecule has 0 saturated heterocycles. The molecule has 0 unspecified atom stereocenters. The van der Waals surface area contributed by atoms with Crippen LogP contribution in [0, 0.1) is 0 Å². The van der Waals surface area contributed by atoms with E-state index < -0.39 is 11.7 Å². The van der Waals surface area contributed by atoms with Gasteiger partial charge in [0.15, 0.2) is 0 Å². The third-order valence-electron chi connectivity index (χ3n) is 2.35. The topological polar surface area (TPSA) is 12.0 Å². The van der Waals surface area contributed by atoms with Crippen molar-refractivity contribution in [1.82, 2.24) is 5.32 Å². The van der Waals surface area contributed by atoms with Gasteiger partial charge < -0.3 is 17.7 Å². The van der Waals surface area contributed by atoms with E-state index in [0.29, 0.717) is 12.0 Å². The van der Waals surface area contributed by atoms with E-state index in [1.54, 1.807) is 6.07 Å². The molecule has 0 aromatic heterocycles. The summed E-state index contributed by atoms with van der Waals surface area (Å²) >= 11 is 0. The summed E-state index contributed by atoms with van der Waals surface area (Å²) in [5.41, 5.74) is 0.136. The summed E-state index contributed by atoms with van der Waals surface area (Å²) in [7, 11) is 0. The van der Waals surface area contributed by atoms with Gasteiger partial charge in [-0.3, -0.25) is 0 Å². The fourth-order valence-electron chi connectivity index (χ4n) is 1.65. The Bertz CT molecular complexity index is 339. The lowest BCUT2D eigenvalue weighted by atomic mass is 10.0. The zero-order chi connectivity index (χ0) is 12.2. The Labute approximate surface area is 106 Å². The molecular weight excluding hydrogens is 251 g/mol. The minimum absolute atomic E-state index is 0. The minimum atomic E-state index is -4.25. The molecule has 1 rings (SSSR count). The van der Waals surface area contributed by atoms with Gasteiger partial charge in [-0.1, -0.05) is 25.1 Å². The minimum Gasteiger partial charge on any atom is -1.00 e. The van der Waals surface area contributed by atoms with Crippen LogP contribution in [-0.4, -0.2) is 12.6 Å². The molecule has 17 heavy (non-hydrogen) atoms. The molecule has 1 aromatic carbocycles. The number of rotatable bonds is 4. The summed E-state index contributed by atoms with van der Waals surface area (Å²) < 4.78 is 37.3. The molecule has 1 aromatic rings. The first-order valence-electron chi connectivity index (χ1n) is 5.33. The molecule has 1 nitrogen and oxygen atoms in total. The molecule has 0 fully saturated rings. The van der Waals surface area contributed by atoms with Gasteiger partial charge in [-0.05, 0) is 31.5 Å². The highest BCUT2D eigenvalue weighted by Gasteiger charge is 2.30. The molecule has 0 spiro atoms. The van der Waals surface area contributed by atoms with Gasteiger partial charge in [0.2, 0.25) is 0 Å². The standard InChI is InChI=1S/C12H16F3N.ClH/c1-3-16-9(2)7-10-5-4-6-11(8-10)12(13,14)15;/h4-6,8-9,16H,3,7H2,1-2H3;1H/p-1/t9-;/m0./s1. The summed E-state index contributed by atoms with van der Waals surface area (Å²) in [5.74, 6) is 0. The second kappa shape index (κ2) is 6.87. The Morgan fingerprint density at radius 2 is 1.94 bits per heavy atom. The number of benzene rings is 1. The third kappa shape index (κ3) is 5.41. The molecule has 0 aliphatic rings. The Balaban J connectivity index is 0.00000256. The van der Waals surface area contributed by atoms with Crippen LogP contribution in [0.2, 0.25) is 0 Å². The maximum absolute atomic E-state index is 12.4. The van der Waals surface area contributed by atoms with E-state index in [4.69, 9.17) is 0 Å². The predicted molar refractivity (Wildman–Crippen MR) is 58.3 cm³/mol. The fourth-order valence-corrected chi connectivity index (χ4v) is 1.65. The van der Waals surface area contributed by atoms with Crippen LogP contribution in [0.4, 0.5) is 13.2 Å². The number of hydrogen-bond donors (Lipinski definition) is 1. The molecule has 0 aliphatic carbocycles. The molecule has 0 heterocycles. The summed E-state index contributed by atoms with van der Waals surface area (Å²) in [6, 6.07) is 5.68. The van der Waals surface area contributed by atoms with Crippen LogP contribution in [0.5, 0.6) is 0 Å². The van der Waals surface area contributed by atoms with Crippen molar-refractivity contribution in [1.29, 1.82) is 0 Å². The monoisotopic (exact) mass is 266 g/mol. The van der Waals surface area contributed by atoms with Gasteiger partial charge >= 0.3 is 6.18 Å². The molecule has 5 heteroatoms. The van der Waals surface area contributed by atoms with E-state index in [2.05, 4.69) is 5.32 Å². The second-order valence-electron chi connectivity index (χ2n) is 3.86. The molecular formula is C12H16ClF3N-. The largest absolute Gasteiger partial charge is 1.00 e. The van der Waals surface area contributed by atoms with Gasteiger partial charge in [0.05, 0.1) is 5.56 Å². The first-order valence-corrected chi connectivity index (χ1v) is 5.33. The van der Waals surface area contributed by atoms with Crippen LogP contribution in [0.25, 0.3) is 0 Å². The molecule has 0 amide bonds. The van der Waals surface area contributed by atoms with Gasteiger partial charge in [0, 0.05) is 6.04 Å². The van der Waals surface area contributed by atoms with Gasteiger partial charge in [0.25, 0.3) is 0 Å². The summed E-state index contributed by atoms with van der Waals surface area (Å²) in [5, 5.41) is 3.17. The van der Waals surface area contributed by atoms with E-state index in [-0.39, 0.29) is 18.4 Å². The summed E-state index contributed by atoms with van der Waals surface area (Å²) in [4.78, 5) is 0. The highest BCUT2D eigenvalue weighted by molar-refractivity contribution is 5.26. The van der Waals surface area contributed by atoms with E-state index in [0.717, 1.165) is 12.6 Å². The average Bonchev–Trinajstić information content (AvgIpc) is 2.17. The normalized spacial score (nSPS) is 13.0. The quantitative estimate of drug-likeness (QED) is 0.824. The third-order valence-corrected chi connectivity index (χ3v) is 2.35. The maximum Gasteiger partial charge on any atom is 0.416 e. The average molecular weight is 267 g/mol. The number of nitrogens with one attached hydrogen (secondary N) is 1. The van der Waals surface area contributed by atoms with E-state index in [9.17, 15) is 13.2 Å². The van der Waals surface area contributed by atoms with Crippen molar-refractivity contribution in [2.75, 3.05) is 6.54 Å².